The molecule has 4 heteroatoms. The number of rotatable bonds is 8. The fourth-order valence-electron chi connectivity index (χ4n) is 1.68. The van der Waals surface area contributed by atoms with Crippen molar-refractivity contribution >= 4 is 11.6 Å². The highest BCUT2D eigenvalue weighted by atomic mass is 35.5. The van der Waals surface area contributed by atoms with E-state index in [4.69, 9.17) is 26.3 Å². The van der Waals surface area contributed by atoms with Crippen molar-refractivity contribution in [2.24, 2.45) is 0 Å². The highest BCUT2D eigenvalue weighted by Gasteiger charge is 2.11. The van der Waals surface area contributed by atoms with E-state index in [1.54, 1.807) is 12.1 Å². The second-order valence-corrected chi connectivity index (χ2v) is 4.62. The van der Waals surface area contributed by atoms with Crippen molar-refractivity contribution in [1.29, 1.82) is 5.26 Å². The number of ether oxygens (including phenoxy) is 2. The highest BCUT2D eigenvalue weighted by Crippen LogP contribution is 2.32. The van der Waals surface area contributed by atoms with E-state index in [1.165, 1.54) is 0 Å². The van der Waals surface area contributed by atoms with Crippen molar-refractivity contribution in [3.8, 4) is 17.6 Å². The molecule has 1 aromatic rings. The molecule has 3 nitrogen and oxygen atoms in total. The summed E-state index contributed by atoms with van der Waals surface area (Å²) in [5.41, 5.74) is 0.730. The molecule has 1 rings (SSSR count). The standard InChI is InChI=1S/C15H20ClNO2/c1-3-5-6-9-19-14-8-7-12(13(16)11-17)10-15(14)18-4-2/h7-8,10,13H,3-6,9H2,1-2H3. The average molecular weight is 282 g/mol. The second-order valence-electron chi connectivity index (χ2n) is 4.19. The molecule has 0 N–H and O–H groups in total. The first kappa shape index (κ1) is 15.7. The number of alkyl halides is 1. The Morgan fingerprint density at radius 2 is 2.00 bits per heavy atom. The van der Waals surface area contributed by atoms with Crippen molar-refractivity contribution in [1.82, 2.24) is 0 Å². The maximum absolute atomic E-state index is 8.82. The van der Waals surface area contributed by atoms with E-state index < -0.39 is 5.38 Å². The summed E-state index contributed by atoms with van der Waals surface area (Å²) in [5.74, 6) is 1.36. The van der Waals surface area contributed by atoms with E-state index in [1.807, 2.05) is 19.1 Å². The zero-order chi connectivity index (χ0) is 14.1. The summed E-state index contributed by atoms with van der Waals surface area (Å²) < 4.78 is 11.2. The first-order valence-electron chi connectivity index (χ1n) is 6.66. The molecule has 0 aromatic heterocycles. The van der Waals surface area contributed by atoms with Gasteiger partial charge in [0.15, 0.2) is 11.5 Å². The Labute approximate surface area is 120 Å². The van der Waals surface area contributed by atoms with Gasteiger partial charge >= 0.3 is 0 Å². The summed E-state index contributed by atoms with van der Waals surface area (Å²) >= 11 is 5.90. The van der Waals surface area contributed by atoms with E-state index in [2.05, 4.69) is 6.92 Å². The number of unbranched alkanes of at least 4 members (excludes halogenated alkanes) is 2. The molecule has 0 saturated heterocycles. The lowest BCUT2D eigenvalue weighted by Gasteiger charge is -2.13. The summed E-state index contributed by atoms with van der Waals surface area (Å²) in [7, 11) is 0. The Hall–Kier alpha value is -1.40. The molecule has 0 bridgehead atoms. The molecule has 0 aliphatic rings. The van der Waals surface area contributed by atoms with Crippen molar-refractivity contribution in [3.63, 3.8) is 0 Å². The van der Waals surface area contributed by atoms with Gasteiger partial charge in [0.1, 0.15) is 5.38 Å². The van der Waals surface area contributed by atoms with Crippen LogP contribution in [0.4, 0.5) is 0 Å². The van der Waals surface area contributed by atoms with Crippen molar-refractivity contribution in [2.45, 2.75) is 38.5 Å². The summed E-state index contributed by atoms with van der Waals surface area (Å²) in [4.78, 5) is 0. The fraction of sp³-hybridized carbons (Fsp3) is 0.533. The van der Waals surface area contributed by atoms with Crippen LogP contribution in [0.2, 0.25) is 0 Å². The third kappa shape index (κ3) is 5.00. The minimum Gasteiger partial charge on any atom is -0.490 e. The van der Waals surface area contributed by atoms with Crippen molar-refractivity contribution in [2.75, 3.05) is 13.2 Å². The maximum atomic E-state index is 8.82. The first-order valence-corrected chi connectivity index (χ1v) is 7.09. The number of benzene rings is 1. The van der Waals surface area contributed by atoms with E-state index in [0.717, 1.165) is 24.8 Å². The van der Waals surface area contributed by atoms with Gasteiger partial charge < -0.3 is 9.47 Å². The van der Waals surface area contributed by atoms with Crippen molar-refractivity contribution in [3.05, 3.63) is 23.8 Å². The Balaban J connectivity index is 2.77. The van der Waals surface area contributed by atoms with Crippen LogP contribution in [0.3, 0.4) is 0 Å². The second kappa shape index (κ2) is 8.66. The summed E-state index contributed by atoms with van der Waals surface area (Å²) in [6.07, 6.45) is 3.34. The first-order chi connectivity index (χ1) is 9.22. The quantitative estimate of drug-likeness (QED) is 0.522. The molecular formula is C15H20ClNO2. The van der Waals surface area contributed by atoms with E-state index in [9.17, 15) is 0 Å². The molecule has 0 saturated carbocycles. The van der Waals surface area contributed by atoms with Gasteiger partial charge in [0, 0.05) is 0 Å². The van der Waals surface area contributed by atoms with Crippen LogP contribution in [0.15, 0.2) is 18.2 Å². The molecule has 104 valence electrons. The van der Waals surface area contributed by atoms with Gasteiger partial charge in [0.05, 0.1) is 19.3 Å². The predicted octanol–water partition coefficient (Wildman–Crippen LogP) is 4.46. The van der Waals surface area contributed by atoms with Crippen LogP contribution in [0, 0.1) is 11.3 Å². The molecule has 19 heavy (non-hydrogen) atoms. The number of hydrogen-bond donors (Lipinski definition) is 0. The molecular weight excluding hydrogens is 262 g/mol. The molecule has 1 atom stereocenters. The number of nitriles is 1. The molecule has 0 heterocycles. The molecule has 0 amide bonds. The lowest BCUT2D eigenvalue weighted by Crippen LogP contribution is -2.02. The van der Waals surface area contributed by atoms with Gasteiger partial charge in [-0.25, -0.2) is 0 Å². The van der Waals surface area contributed by atoms with Gasteiger partial charge in [0.25, 0.3) is 0 Å². The van der Waals surface area contributed by atoms with Crippen LogP contribution < -0.4 is 9.47 Å². The van der Waals surface area contributed by atoms with Gasteiger partial charge in [-0.2, -0.15) is 5.26 Å². The Morgan fingerprint density at radius 3 is 2.63 bits per heavy atom. The topological polar surface area (TPSA) is 42.2 Å². The van der Waals surface area contributed by atoms with Crippen LogP contribution in [-0.4, -0.2) is 13.2 Å². The Morgan fingerprint density at radius 1 is 1.21 bits per heavy atom. The zero-order valence-electron chi connectivity index (χ0n) is 11.5. The van der Waals surface area contributed by atoms with E-state index in [0.29, 0.717) is 24.7 Å². The SMILES string of the molecule is CCCCCOc1ccc(C(Cl)C#N)cc1OCC. The minimum atomic E-state index is -0.659. The fourth-order valence-corrected chi connectivity index (χ4v) is 1.81. The van der Waals surface area contributed by atoms with Gasteiger partial charge in [-0.05, 0) is 31.0 Å². The lowest BCUT2D eigenvalue weighted by atomic mass is 10.1. The van der Waals surface area contributed by atoms with Gasteiger partial charge in [-0.15, -0.1) is 11.6 Å². The molecule has 1 aromatic carbocycles. The molecule has 0 radical (unpaired) electrons. The van der Waals surface area contributed by atoms with Crippen LogP contribution in [0.5, 0.6) is 11.5 Å². The summed E-state index contributed by atoms with van der Waals surface area (Å²) in [6, 6.07) is 7.40. The van der Waals surface area contributed by atoms with Gasteiger partial charge in [0.2, 0.25) is 0 Å². The maximum Gasteiger partial charge on any atom is 0.161 e. The van der Waals surface area contributed by atoms with Crippen LogP contribution in [-0.2, 0) is 0 Å². The third-order valence-electron chi connectivity index (χ3n) is 2.68. The predicted molar refractivity (Wildman–Crippen MR) is 76.8 cm³/mol. The summed E-state index contributed by atoms with van der Waals surface area (Å²) in [5, 5.41) is 8.17. The van der Waals surface area contributed by atoms with Gasteiger partial charge in [-0.3, -0.25) is 0 Å². The van der Waals surface area contributed by atoms with Gasteiger partial charge in [-0.1, -0.05) is 25.8 Å². The monoisotopic (exact) mass is 281 g/mol. The normalized spacial score (nSPS) is 11.7. The highest BCUT2D eigenvalue weighted by molar-refractivity contribution is 6.22. The minimum absolute atomic E-state index is 0.550. The Bertz CT molecular complexity index is 429. The largest absolute Gasteiger partial charge is 0.490 e. The van der Waals surface area contributed by atoms with Crippen LogP contribution in [0.1, 0.15) is 44.1 Å². The van der Waals surface area contributed by atoms with E-state index in [-0.39, 0.29) is 0 Å². The third-order valence-corrected chi connectivity index (χ3v) is 3.03. The molecule has 0 aliphatic carbocycles. The van der Waals surface area contributed by atoms with Crippen LogP contribution >= 0.6 is 11.6 Å². The number of hydrogen-bond acceptors (Lipinski definition) is 3. The van der Waals surface area contributed by atoms with E-state index >= 15 is 0 Å². The number of nitrogens with zero attached hydrogens (tertiary/aromatic N) is 1. The smallest absolute Gasteiger partial charge is 0.161 e. The molecule has 0 aliphatic heterocycles. The Kier molecular flexibility index (Phi) is 7.14. The van der Waals surface area contributed by atoms with Crippen LogP contribution in [0.25, 0.3) is 0 Å². The molecule has 0 fully saturated rings. The number of halogens is 1. The summed E-state index contributed by atoms with van der Waals surface area (Å²) in [6.45, 7) is 5.29. The lowest BCUT2D eigenvalue weighted by molar-refractivity contribution is 0.271. The van der Waals surface area contributed by atoms with Crippen molar-refractivity contribution < 1.29 is 9.47 Å². The zero-order valence-corrected chi connectivity index (χ0v) is 12.2. The molecule has 1 unspecified atom stereocenters. The molecule has 0 spiro atoms. The average Bonchev–Trinajstić information content (AvgIpc) is 2.44.